The normalized spacial score (nSPS) is 21.2. The summed E-state index contributed by atoms with van der Waals surface area (Å²) in [6.07, 6.45) is 1.47. The van der Waals surface area contributed by atoms with Gasteiger partial charge in [-0.05, 0) is 55.9 Å². The molecule has 4 nitrogen and oxygen atoms in total. The lowest BCUT2D eigenvalue weighted by atomic mass is 9.82. The Bertz CT molecular complexity index is 624. The maximum absolute atomic E-state index is 12.1. The molecule has 1 aromatic rings. The van der Waals surface area contributed by atoms with Crippen molar-refractivity contribution in [3.63, 3.8) is 0 Å². The van der Waals surface area contributed by atoms with E-state index in [0.717, 1.165) is 25.0 Å². The predicted molar refractivity (Wildman–Crippen MR) is 79.0 cm³/mol. The van der Waals surface area contributed by atoms with Gasteiger partial charge in [-0.15, -0.1) is 13.2 Å². The van der Waals surface area contributed by atoms with E-state index < -0.39 is 6.36 Å². The zero-order chi connectivity index (χ0) is 17.6. The highest BCUT2D eigenvalue weighted by Gasteiger charge is 2.31. The molecule has 0 bridgehead atoms. The first kappa shape index (κ1) is 17.9. The highest BCUT2D eigenvalue weighted by Crippen LogP contribution is 2.31. The summed E-state index contributed by atoms with van der Waals surface area (Å²) >= 11 is 0. The van der Waals surface area contributed by atoms with Crippen molar-refractivity contribution in [1.29, 1.82) is 5.26 Å². The highest BCUT2D eigenvalue weighted by molar-refractivity contribution is 5.75. The zero-order valence-electron chi connectivity index (χ0n) is 12.8. The fourth-order valence-corrected chi connectivity index (χ4v) is 2.64. The second kappa shape index (κ2) is 7.86. The molecule has 1 saturated carbocycles. The molecule has 0 spiro atoms. The van der Waals surface area contributed by atoms with Crippen LogP contribution in [0.3, 0.4) is 0 Å². The van der Waals surface area contributed by atoms with Crippen LogP contribution >= 0.6 is 0 Å². The summed E-state index contributed by atoms with van der Waals surface area (Å²) in [6.45, 7) is 0. The first-order chi connectivity index (χ1) is 11.4. The fourth-order valence-electron chi connectivity index (χ4n) is 2.64. The summed E-state index contributed by atoms with van der Waals surface area (Å²) in [4.78, 5) is 12.1. The number of halogens is 3. The lowest BCUT2D eigenvalue weighted by molar-refractivity contribution is -0.274. The van der Waals surface area contributed by atoms with Gasteiger partial charge >= 0.3 is 12.3 Å². The minimum atomic E-state index is -4.75. The fraction of sp³-hybridized carbons (Fsp3) is 0.412. The molecule has 0 N–H and O–H groups in total. The minimum Gasteiger partial charge on any atom is -0.426 e. The van der Waals surface area contributed by atoms with E-state index in [1.54, 1.807) is 0 Å². The van der Waals surface area contributed by atoms with Gasteiger partial charge in [0.15, 0.2) is 0 Å². The summed E-state index contributed by atoms with van der Waals surface area (Å²) in [6, 6.07) is 6.67. The molecule has 0 radical (unpaired) electrons. The van der Waals surface area contributed by atoms with Crippen molar-refractivity contribution in [2.24, 2.45) is 11.8 Å². The minimum absolute atomic E-state index is 0.182. The molecule has 1 fully saturated rings. The molecule has 0 heterocycles. The number of alkyl halides is 3. The van der Waals surface area contributed by atoms with Crippen molar-refractivity contribution in [2.45, 2.75) is 32.0 Å². The maximum atomic E-state index is 12.1. The van der Waals surface area contributed by atoms with Crippen LogP contribution in [0.5, 0.6) is 11.5 Å². The van der Waals surface area contributed by atoms with Gasteiger partial charge in [-0.1, -0.05) is 6.08 Å². The number of esters is 1. The Morgan fingerprint density at radius 1 is 1.12 bits per heavy atom. The van der Waals surface area contributed by atoms with Crippen LogP contribution < -0.4 is 9.47 Å². The number of hydrogen-bond donors (Lipinski definition) is 0. The molecule has 2 rings (SSSR count). The lowest BCUT2D eigenvalue weighted by Crippen LogP contribution is -2.25. The number of rotatable bonds is 4. The summed E-state index contributed by atoms with van der Waals surface area (Å²) < 4.78 is 45.2. The van der Waals surface area contributed by atoms with Crippen LogP contribution in [-0.2, 0) is 4.79 Å². The topological polar surface area (TPSA) is 59.3 Å². The lowest BCUT2D eigenvalue weighted by Gasteiger charge is -2.25. The molecule has 0 aromatic heterocycles. The second-order valence-corrected chi connectivity index (χ2v) is 5.54. The van der Waals surface area contributed by atoms with Gasteiger partial charge in [-0.3, -0.25) is 4.79 Å². The van der Waals surface area contributed by atoms with Crippen molar-refractivity contribution in [3.8, 4) is 17.6 Å². The van der Waals surface area contributed by atoms with Crippen LogP contribution in [-0.4, -0.2) is 12.3 Å². The predicted octanol–water partition coefficient (Wildman–Crippen LogP) is 4.38. The molecule has 1 aliphatic rings. The number of nitriles is 1. The van der Waals surface area contributed by atoms with E-state index in [2.05, 4.69) is 4.74 Å². The molecule has 128 valence electrons. The van der Waals surface area contributed by atoms with Gasteiger partial charge in [0.05, 0.1) is 12.0 Å². The second-order valence-electron chi connectivity index (χ2n) is 5.54. The van der Waals surface area contributed by atoms with Crippen LogP contribution in [0, 0.1) is 23.2 Å². The maximum Gasteiger partial charge on any atom is 0.573 e. The van der Waals surface area contributed by atoms with Crippen LogP contribution in [0.1, 0.15) is 25.7 Å². The number of carbonyl (C=O) groups excluding carboxylic acids is 1. The Hall–Kier alpha value is -2.49. The molecule has 0 aliphatic heterocycles. The van der Waals surface area contributed by atoms with Gasteiger partial charge in [0.1, 0.15) is 11.5 Å². The smallest absolute Gasteiger partial charge is 0.426 e. The third-order valence-corrected chi connectivity index (χ3v) is 3.82. The van der Waals surface area contributed by atoms with Gasteiger partial charge in [0.2, 0.25) is 0 Å². The molecule has 1 aromatic carbocycles. The number of carbonyl (C=O) groups is 1. The highest BCUT2D eigenvalue weighted by atomic mass is 19.4. The van der Waals surface area contributed by atoms with Crippen molar-refractivity contribution in [2.75, 3.05) is 0 Å². The Morgan fingerprint density at radius 2 is 1.71 bits per heavy atom. The first-order valence-corrected chi connectivity index (χ1v) is 7.51. The molecule has 0 unspecified atom stereocenters. The average molecular weight is 339 g/mol. The van der Waals surface area contributed by atoms with E-state index >= 15 is 0 Å². The molecule has 1 aliphatic carbocycles. The third-order valence-electron chi connectivity index (χ3n) is 3.82. The number of nitrogens with zero attached hydrogens (tertiary/aromatic N) is 1. The van der Waals surface area contributed by atoms with E-state index in [1.807, 2.05) is 12.1 Å². The molecular formula is C17H16F3NO3. The number of ether oxygens (including phenoxy) is 2. The Labute approximate surface area is 137 Å². The van der Waals surface area contributed by atoms with Crippen LogP contribution in [0.2, 0.25) is 0 Å². The number of allylic oxidation sites excluding steroid dienone is 2. The van der Waals surface area contributed by atoms with Gasteiger partial charge < -0.3 is 9.47 Å². The Balaban J connectivity index is 1.85. The Kier molecular flexibility index (Phi) is 5.85. The monoisotopic (exact) mass is 339 g/mol. The van der Waals surface area contributed by atoms with Crippen LogP contribution in [0.25, 0.3) is 0 Å². The van der Waals surface area contributed by atoms with E-state index in [4.69, 9.17) is 10.00 Å². The largest absolute Gasteiger partial charge is 0.573 e. The van der Waals surface area contributed by atoms with Gasteiger partial charge in [-0.25, -0.2) is 0 Å². The molecular weight excluding hydrogens is 323 g/mol. The molecule has 7 heteroatoms. The average Bonchev–Trinajstić information content (AvgIpc) is 2.54. The Morgan fingerprint density at radius 3 is 2.25 bits per heavy atom. The van der Waals surface area contributed by atoms with Gasteiger partial charge in [-0.2, -0.15) is 5.26 Å². The molecule has 0 atom stereocenters. The van der Waals surface area contributed by atoms with Crippen molar-refractivity contribution in [3.05, 3.63) is 36.4 Å². The summed E-state index contributed by atoms with van der Waals surface area (Å²) in [5, 5.41) is 8.50. The standard InChI is InChI=1S/C17H16F3NO3/c18-17(19,20)24-15-9-7-14(8-10-15)23-16(22)13-5-3-12(4-6-13)2-1-11-21/h1-2,7-10,12-13H,3-6H2/t12-,13-. The summed E-state index contributed by atoms with van der Waals surface area (Å²) in [5.41, 5.74) is 0. The quantitative estimate of drug-likeness (QED) is 0.464. The van der Waals surface area contributed by atoms with Crippen molar-refractivity contribution in [1.82, 2.24) is 0 Å². The van der Waals surface area contributed by atoms with Crippen molar-refractivity contribution >= 4 is 5.97 Å². The van der Waals surface area contributed by atoms with Crippen LogP contribution in [0.15, 0.2) is 36.4 Å². The molecule has 0 amide bonds. The number of hydrogen-bond acceptors (Lipinski definition) is 4. The zero-order valence-corrected chi connectivity index (χ0v) is 12.8. The van der Waals surface area contributed by atoms with Gasteiger partial charge in [0, 0.05) is 6.08 Å². The third kappa shape index (κ3) is 5.61. The SMILES string of the molecule is N#CC=C[C@H]1CC[C@H](C(=O)Oc2ccc(OC(F)(F)F)cc2)CC1. The number of benzene rings is 1. The summed E-state index contributed by atoms with van der Waals surface area (Å²) in [7, 11) is 0. The van der Waals surface area contributed by atoms with E-state index in [9.17, 15) is 18.0 Å². The van der Waals surface area contributed by atoms with Crippen molar-refractivity contribution < 1.29 is 27.4 Å². The van der Waals surface area contributed by atoms with E-state index in [-0.39, 0.29) is 23.4 Å². The van der Waals surface area contributed by atoms with E-state index in [1.165, 1.54) is 18.2 Å². The summed E-state index contributed by atoms with van der Waals surface area (Å²) in [5.74, 6) is -0.509. The molecule has 24 heavy (non-hydrogen) atoms. The van der Waals surface area contributed by atoms with E-state index in [0.29, 0.717) is 18.8 Å². The first-order valence-electron chi connectivity index (χ1n) is 7.51. The molecule has 0 saturated heterocycles. The van der Waals surface area contributed by atoms with Gasteiger partial charge in [0.25, 0.3) is 0 Å². The van der Waals surface area contributed by atoms with Crippen LogP contribution in [0.4, 0.5) is 13.2 Å².